The highest BCUT2D eigenvalue weighted by molar-refractivity contribution is 6.32. The van der Waals surface area contributed by atoms with E-state index in [-0.39, 0.29) is 22.0 Å². The molecule has 1 amide bonds. The minimum absolute atomic E-state index is 0.0233. The van der Waals surface area contributed by atoms with E-state index >= 15 is 0 Å². The van der Waals surface area contributed by atoms with Crippen LogP contribution in [-0.2, 0) is 0 Å². The van der Waals surface area contributed by atoms with E-state index in [2.05, 4.69) is 5.32 Å². The number of carbonyl (C=O) groups excluding carboxylic acids is 1. The minimum Gasteiger partial charge on any atom is -0.508 e. The zero-order valence-corrected chi connectivity index (χ0v) is 14.1. The van der Waals surface area contributed by atoms with Gasteiger partial charge in [0.2, 0.25) is 0 Å². The molecule has 26 heavy (non-hydrogen) atoms. The van der Waals surface area contributed by atoms with Gasteiger partial charge in [0.1, 0.15) is 10.8 Å². The summed E-state index contributed by atoms with van der Waals surface area (Å²) in [4.78, 5) is 22.6. The summed E-state index contributed by atoms with van der Waals surface area (Å²) in [5.41, 5.74) is 2.22. The maximum atomic E-state index is 12.3. The Morgan fingerprint density at radius 3 is 2.12 bits per heavy atom. The first-order valence-electron chi connectivity index (χ1n) is 7.59. The van der Waals surface area contributed by atoms with Crippen LogP contribution in [0.5, 0.6) is 5.75 Å². The molecule has 0 spiro atoms. The Morgan fingerprint density at radius 2 is 1.54 bits per heavy atom. The molecular weight excluding hydrogens is 356 g/mol. The van der Waals surface area contributed by atoms with Gasteiger partial charge in [-0.3, -0.25) is 14.9 Å². The van der Waals surface area contributed by atoms with Gasteiger partial charge < -0.3 is 10.4 Å². The topological polar surface area (TPSA) is 92.5 Å². The van der Waals surface area contributed by atoms with Crippen LogP contribution in [0.4, 0.5) is 11.4 Å². The van der Waals surface area contributed by atoms with Crippen molar-refractivity contribution in [2.75, 3.05) is 5.32 Å². The first-order valence-corrected chi connectivity index (χ1v) is 7.96. The molecule has 3 aromatic carbocycles. The van der Waals surface area contributed by atoms with Gasteiger partial charge in [-0.1, -0.05) is 35.9 Å². The van der Waals surface area contributed by atoms with Gasteiger partial charge in [0.15, 0.2) is 0 Å². The number of phenolic OH excluding ortho intramolecular Hbond substituents is 1. The van der Waals surface area contributed by atoms with Crippen LogP contribution in [-0.4, -0.2) is 15.9 Å². The lowest BCUT2D eigenvalue weighted by atomic mass is 10.1. The number of halogens is 1. The molecule has 0 saturated carbocycles. The molecule has 0 aliphatic heterocycles. The van der Waals surface area contributed by atoms with Crippen molar-refractivity contribution in [1.29, 1.82) is 0 Å². The Labute approximate surface area is 153 Å². The number of hydrogen-bond acceptors (Lipinski definition) is 4. The van der Waals surface area contributed by atoms with Crippen LogP contribution >= 0.6 is 11.6 Å². The monoisotopic (exact) mass is 368 g/mol. The van der Waals surface area contributed by atoms with Crippen molar-refractivity contribution in [1.82, 2.24) is 0 Å². The molecule has 0 fully saturated rings. The predicted molar refractivity (Wildman–Crippen MR) is 99.6 cm³/mol. The summed E-state index contributed by atoms with van der Waals surface area (Å²) in [5.74, 6) is -0.281. The Bertz CT molecular complexity index is 970. The van der Waals surface area contributed by atoms with Crippen LogP contribution in [0.15, 0.2) is 66.7 Å². The van der Waals surface area contributed by atoms with Crippen molar-refractivity contribution >= 4 is 28.9 Å². The molecule has 0 radical (unpaired) electrons. The molecule has 0 unspecified atom stereocenters. The largest absolute Gasteiger partial charge is 0.508 e. The van der Waals surface area contributed by atoms with Crippen molar-refractivity contribution in [3.63, 3.8) is 0 Å². The highest BCUT2D eigenvalue weighted by Crippen LogP contribution is 2.26. The molecule has 0 aliphatic rings. The summed E-state index contributed by atoms with van der Waals surface area (Å²) in [6, 6.07) is 17.8. The average molecular weight is 369 g/mol. The summed E-state index contributed by atoms with van der Waals surface area (Å²) in [5, 5.41) is 22.9. The van der Waals surface area contributed by atoms with E-state index in [4.69, 9.17) is 11.6 Å². The van der Waals surface area contributed by atoms with Crippen molar-refractivity contribution < 1.29 is 14.8 Å². The van der Waals surface area contributed by atoms with Gasteiger partial charge in [0, 0.05) is 17.3 Å². The predicted octanol–water partition coefficient (Wildman–Crippen LogP) is 4.87. The van der Waals surface area contributed by atoms with E-state index in [9.17, 15) is 20.0 Å². The molecule has 3 rings (SSSR count). The number of hydrogen-bond donors (Lipinski definition) is 2. The van der Waals surface area contributed by atoms with E-state index in [1.54, 1.807) is 36.4 Å². The van der Waals surface area contributed by atoms with Crippen molar-refractivity contribution in [3.8, 4) is 16.9 Å². The quantitative estimate of drug-likeness (QED) is 0.507. The van der Waals surface area contributed by atoms with Crippen molar-refractivity contribution in [3.05, 3.63) is 87.4 Å². The number of carbonyl (C=O) groups is 1. The van der Waals surface area contributed by atoms with Crippen molar-refractivity contribution in [2.45, 2.75) is 0 Å². The second-order valence-corrected chi connectivity index (χ2v) is 5.91. The van der Waals surface area contributed by atoms with Gasteiger partial charge in [-0.15, -0.1) is 0 Å². The minimum atomic E-state index is -0.633. The lowest BCUT2D eigenvalue weighted by Gasteiger charge is -2.07. The molecule has 0 aliphatic carbocycles. The summed E-state index contributed by atoms with van der Waals surface area (Å²) in [7, 11) is 0. The molecule has 2 N–H and O–H groups in total. The van der Waals surface area contributed by atoms with Gasteiger partial charge >= 0.3 is 0 Å². The molecule has 7 heteroatoms. The summed E-state index contributed by atoms with van der Waals surface area (Å²) >= 11 is 5.75. The van der Waals surface area contributed by atoms with Gasteiger partial charge in [0.05, 0.1) is 4.92 Å². The van der Waals surface area contributed by atoms with Crippen molar-refractivity contribution in [2.24, 2.45) is 0 Å². The van der Waals surface area contributed by atoms with Gasteiger partial charge in [-0.25, -0.2) is 0 Å². The number of nitro benzene ring substituents is 1. The molecule has 6 nitrogen and oxygen atoms in total. The average Bonchev–Trinajstić information content (AvgIpc) is 2.63. The second-order valence-electron chi connectivity index (χ2n) is 5.50. The Kier molecular flexibility index (Phi) is 4.86. The molecule has 130 valence electrons. The van der Waals surface area contributed by atoms with Gasteiger partial charge in [0.25, 0.3) is 11.6 Å². The van der Waals surface area contributed by atoms with Crippen LogP contribution in [0.1, 0.15) is 10.4 Å². The summed E-state index contributed by atoms with van der Waals surface area (Å²) < 4.78 is 0. The van der Waals surface area contributed by atoms with Crippen LogP contribution in [0.3, 0.4) is 0 Å². The fourth-order valence-corrected chi connectivity index (χ4v) is 2.58. The number of anilines is 1. The smallest absolute Gasteiger partial charge is 0.288 e. The molecular formula is C19H13ClN2O4. The lowest BCUT2D eigenvalue weighted by molar-refractivity contribution is -0.384. The molecule has 0 aromatic heterocycles. The normalized spacial score (nSPS) is 10.3. The second kappa shape index (κ2) is 7.25. The number of amides is 1. The van der Waals surface area contributed by atoms with Gasteiger partial charge in [-0.05, 0) is 47.5 Å². The highest BCUT2D eigenvalue weighted by Gasteiger charge is 2.16. The fraction of sp³-hybridized carbons (Fsp3) is 0. The maximum absolute atomic E-state index is 12.3. The first kappa shape index (κ1) is 17.4. The number of benzene rings is 3. The molecule has 0 saturated heterocycles. The van der Waals surface area contributed by atoms with Crippen LogP contribution < -0.4 is 5.32 Å². The summed E-state index contributed by atoms with van der Waals surface area (Å²) in [6.45, 7) is 0. The van der Waals surface area contributed by atoms with Crippen LogP contribution in [0, 0.1) is 10.1 Å². The number of phenols is 1. The molecule has 3 aromatic rings. The first-order chi connectivity index (χ1) is 12.4. The number of rotatable bonds is 4. The standard InChI is InChI=1S/C19H13ClN2O4/c20-17-10-5-14(11-18(17)22(25)26)19(24)21-15-6-1-12(2-7-15)13-3-8-16(23)9-4-13/h1-11,23H,(H,21,24). The third-order valence-corrected chi connectivity index (χ3v) is 4.07. The third-order valence-electron chi connectivity index (χ3n) is 3.75. The SMILES string of the molecule is O=C(Nc1ccc(-c2ccc(O)cc2)cc1)c1ccc(Cl)c([N+](=O)[O-])c1. The molecule has 0 bridgehead atoms. The molecule has 0 heterocycles. The van der Waals surface area contributed by atoms with Crippen LogP contribution in [0.25, 0.3) is 11.1 Å². The van der Waals surface area contributed by atoms with E-state index in [1.165, 1.54) is 12.1 Å². The highest BCUT2D eigenvalue weighted by atomic mass is 35.5. The zero-order valence-electron chi connectivity index (χ0n) is 13.3. The number of nitrogens with zero attached hydrogens (tertiary/aromatic N) is 1. The van der Waals surface area contributed by atoms with E-state index < -0.39 is 10.8 Å². The van der Waals surface area contributed by atoms with Gasteiger partial charge in [-0.2, -0.15) is 0 Å². The van der Waals surface area contributed by atoms with E-state index in [0.717, 1.165) is 17.2 Å². The lowest BCUT2D eigenvalue weighted by Crippen LogP contribution is -2.12. The summed E-state index contributed by atoms with van der Waals surface area (Å²) in [6.07, 6.45) is 0. The van der Waals surface area contributed by atoms with E-state index in [0.29, 0.717) is 5.69 Å². The number of nitro groups is 1. The fourth-order valence-electron chi connectivity index (χ4n) is 2.40. The zero-order chi connectivity index (χ0) is 18.7. The Morgan fingerprint density at radius 1 is 0.962 bits per heavy atom. The van der Waals surface area contributed by atoms with Crippen LogP contribution in [0.2, 0.25) is 5.02 Å². The maximum Gasteiger partial charge on any atom is 0.288 e. The Hall–Kier alpha value is -3.38. The third kappa shape index (κ3) is 3.81. The number of aromatic hydroxyl groups is 1. The Balaban J connectivity index is 1.77. The number of nitrogens with one attached hydrogen (secondary N) is 1. The molecule has 0 atom stereocenters. The van der Waals surface area contributed by atoms with E-state index in [1.807, 2.05) is 12.1 Å².